The Bertz CT molecular complexity index is 755. The summed E-state index contributed by atoms with van der Waals surface area (Å²) in [6, 6.07) is 5.74. The predicted molar refractivity (Wildman–Crippen MR) is 88.7 cm³/mol. The Morgan fingerprint density at radius 1 is 1.50 bits per heavy atom. The first-order valence-corrected chi connectivity index (χ1v) is 9.06. The molecule has 0 radical (unpaired) electrons. The monoisotopic (exact) mass is 345 g/mol. The van der Waals surface area contributed by atoms with Crippen molar-refractivity contribution in [2.24, 2.45) is 11.8 Å². The van der Waals surface area contributed by atoms with Crippen LogP contribution >= 0.6 is 11.3 Å². The van der Waals surface area contributed by atoms with E-state index in [2.05, 4.69) is 16.5 Å². The maximum absolute atomic E-state index is 12.5. The molecule has 2 saturated heterocycles. The third-order valence-electron chi connectivity index (χ3n) is 4.96. The van der Waals surface area contributed by atoms with Crippen LogP contribution in [0.1, 0.15) is 27.5 Å². The van der Waals surface area contributed by atoms with Crippen molar-refractivity contribution in [1.29, 1.82) is 0 Å². The third kappa shape index (κ3) is 2.62. The first-order chi connectivity index (χ1) is 11.6. The molecule has 24 heavy (non-hydrogen) atoms. The first kappa shape index (κ1) is 15.4. The molecule has 1 saturated carbocycles. The second-order valence-corrected chi connectivity index (χ2v) is 7.52. The zero-order valence-corrected chi connectivity index (χ0v) is 14.2. The molecule has 2 aromatic rings. The maximum Gasteiger partial charge on any atom is 0.276 e. The highest BCUT2D eigenvalue weighted by Gasteiger charge is 2.57. The maximum atomic E-state index is 12.5. The summed E-state index contributed by atoms with van der Waals surface area (Å²) in [5.74, 6) is 0.749. The number of fused-ring (bicyclic) bond motifs is 1. The van der Waals surface area contributed by atoms with E-state index < -0.39 is 0 Å². The zero-order valence-electron chi connectivity index (χ0n) is 13.4. The topological polar surface area (TPSA) is 75.4 Å². The summed E-state index contributed by atoms with van der Waals surface area (Å²) in [4.78, 5) is 28.0. The minimum Gasteiger partial charge on any atom is -0.361 e. The number of rotatable bonds is 5. The molecule has 2 amide bonds. The van der Waals surface area contributed by atoms with Gasteiger partial charge in [0.25, 0.3) is 5.91 Å². The number of amides is 2. The number of aromatic nitrogens is 1. The van der Waals surface area contributed by atoms with E-state index in [-0.39, 0.29) is 29.7 Å². The second kappa shape index (κ2) is 6.05. The van der Waals surface area contributed by atoms with Crippen LogP contribution in [-0.2, 0) is 11.2 Å². The SMILES string of the molecule is Cc1cc(C(=O)N2C[C@H]3C[C@@H]2[C@H]3C(=O)NCCc2cccs2)no1. The van der Waals surface area contributed by atoms with Gasteiger partial charge < -0.3 is 14.7 Å². The summed E-state index contributed by atoms with van der Waals surface area (Å²) in [7, 11) is 0. The molecule has 7 heteroatoms. The van der Waals surface area contributed by atoms with E-state index in [4.69, 9.17) is 4.52 Å². The lowest BCUT2D eigenvalue weighted by Gasteiger charge is -2.35. The van der Waals surface area contributed by atoms with Crippen molar-refractivity contribution in [3.63, 3.8) is 0 Å². The van der Waals surface area contributed by atoms with Gasteiger partial charge in [0.2, 0.25) is 5.91 Å². The minimum atomic E-state index is -0.131. The van der Waals surface area contributed by atoms with E-state index in [1.54, 1.807) is 29.2 Å². The molecule has 4 heterocycles. The van der Waals surface area contributed by atoms with Crippen molar-refractivity contribution < 1.29 is 14.1 Å². The van der Waals surface area contributed by atoms with E-state index >= 15 is 0 Å². The van der Waals surface area contributed by atoms with Crippen LogP contribution in [0.2, 0.25) is 0 Å². The van der Waals surface area contributed by atoms with Gasteiger partial charge in [0.05, 0.1) is 5.92 Å². The largest absolute Gasteiger partial charge is 0.361 e. The fraction of sp³-hybridized carbons (Fsp3) is 0.471. The van der Waals surface area contributed by atoms with Gasteiger partial charge in [-0.25, -0.2) is 0 Å². The third-order valence-corrected chi connectivity index (χ3v) is 5.90. The minimum absolute atomic E-state index is 0.00115. The molecule has 2 aromatic heterocycles. The average molecular weight is 345 g/mol. The Labute approximate surface area is 143 Å². The highest BCUT2D eigenvalue weighted by atomic mass is 32.1. The second-order valence-electron chi connectivity index (χ2n) is 6.49. The normalized spacial score (nSPS) is 24.7. The standard InChI is InChI=1S/C17H19N3O3S/c1-10-7-13(19-23-10)17(22)20-9-11-8-14(20)15(11)16(21)18-5-4-12-3-2-6-24-12/h2-3,6-7,11,14-15H,4-5,8-9H2,1H3,(H,18,21)/t11-,14-,15+/m1/s1. The van der Waals surface area contributed by atoms with E-state index in [1.165, 1.54) is 4.88 Å². The lowest BCUT2D eigenvalue weighted by atomic mass is 9.73. The van der Waals surface area contributed by atoms with Crippen molar-refractivity contribution >= 4 is 23.2 Å². The molecule has 3 fully saturated rings. The number of nitrogens with zero attached hydrogens (tertiary/aromatic N) is 2. The van der Waals surface area contributed by atoms with Gasteiger partial charge in [-0.2, -0.15) is 0 Å². The van der Waals surface area contributed by atoms with Crippen LogP contribution in [0.25, 0.3) is 0 Å². The van der Waals surface area contributed by atoms with E-state index in [0.29, 0.717) is 24.5 Å². The van der Waals surface area contributed by atoms with Crippen LogP contribution in [-0.4, -0.2) is 41.0 Å². The molecule has 1 N–H and O–H groups in total. The van der Waals surface area contributed by atoms with Gasteiger partial charge in [-0.15, -0.1) is 11.3 Å². The van der Waals surface area contributed by atoms with E-state index in [0.717, 1.165) is 12.8 Å². The van der Waals surface area contributed by atoms with Crippen LogP contribution in [0.4, 0.5) is 0 Å². The molecule has 2 bridgehead atoms. The van der Waals surface area contributed by atoms with Crippen LogP contribution < -0.4 is 5.32 Å². The molecule has 3 aliphatic rings. The summed E-state index contributed by atoms with van der Waals surface area (Å²) in [6.07, 6.45) is 1.76. The van der Waals surface area contributed by atoms with Crippen molar-refractivity contribution in [3.8, 4) is 0 Å². The number of hydrogen-bond donors (Lipinski definition) is 1. The predicted octanol–water partition coefficient (Wildman–Crippen LogP) is 1.86. The van der Waals surface area contributed by atoms with Crippen LogP contribution in [0.15, 0.2) is 28.1 Å². The number of aryl methyl sites for hydroxylation is 1. The Morgan fingerprint density at radius 3 is 3.08 bits per heavy atom. The Hall–Kier alpha value is -2.15. The number of carbonyl (C=O) groups is 2. The Balaban J connectivity index is 1.33. The van der Waals surface area contributed by atoms with Gasteiger partial charge in [-0.3, -0.25) is 9.59 Å². The van der Waals surface area contributed by atoms with Gasteiger partial charge in [0.1, 0.15) is 5.76 Å². The van der Waals surface area contributed by atoms with Crippen LogP contribution in [0.3, 0.4) is 0 Å². The first-order valence-electron chi connectivity index (χ1n) is 8.18. The van der Waals surface area contributed by atoms with Gasteiger partial charge >= 0.3 is 0 Å². The molecule has 3 atom stereocenters. The fourth-order valence-corrected chi connectivity index (χ4v) is 4.45. The van der Waals surface area contributed by atoms with Gasteiger partial charge in [0, 0.05) is 30.1 Å². The van der Waals surface area contributed by atoms with Gasteiger partial charge in [0.15, 0.2) is 5.69 Å². The molecule has 1 aliphatic carbocycles. The molecule has 0 spiro atoms. The van der Waals surface area contributed by atoms with E-state index in [1.807, 2.05) is 11.4 Å². The van der Waals surface area contributed by atoms with Crippen molar-refractivity contribution in [2.45, 2.75) is 25.8 Å². The fourth-order valence-electron chi connectivity index (χ4n) is 3.74. The summed E-state index contributed by atoms with van der Waals surface area (Å²) in [6.45, 7) is 3.04. The lowest BCUT2D eigenvalue weighted by Crippen LogP contribution is -2.49. The molecule has 126 valence electrons. The van der Waals surface area contributed by atoms with Crippen LogP contribution in [0, 0.1) is 18.8 Å². The van der Waals surface area contributed by atoms with Crippen molar-refractivity contribution in [2.75, 3.05) is 13.1 Å². The van der Waals surface area contributed by atoms with Crippen molar-refractivity contribution in [3.05, 3.63) is 39.9 Å². The summed E-state index contributed by atoms with van der Waals surface area (Å²) >= 11 is 1.70. The number of thiophene rings is 1. The molecular weight excluding hydrogens is 326 g/mol. The number of carbonyl (C=O) groups excluding carboxylic acids is 2. The van der Waals surface area contributed by atoms with Crippen LogP contribution in [0.5, 0.6) is 0 Å². The Kier molecular flexibility index (Phi) is 3.88. The average Bonchev–Trinajstić information content (AvgIpc) is 3.30. The summed E-state index contributed by atoms with van der Waals surface area (Å²) in [5.41, 5.74) is 0.330. The molecule has 0 aromatic carbocycles. The van der Waals surface area contributed by atoms with Crippen molar-refractivity contribution in [1.82, 2.24) is 15.4 Å². The smallest absolute Gasteiger partial charge is 0.276 e. The Morgan fingerprint density at radius 2 is 2.38 bits per heavy atom. The highest BCUT2D eigenvalue weighted by molar-refractivity contribution is 7.09. The number of nitrogens with one attached hydrogen (secondary N) is 1. The highest BCUT2D eigenvalue weighted by Crippen LogP contribution is 2.46. The quantitative estimate of drug-likeness (QED) is 0.897. The molecule has 6 nitrogen and oxygen atoms in total. The zero-order chi connectivity index (χ0) is 16.7. The summed E-state index contributed by atoms with van der Waals surface area (Å²) < 4.78 is 4.98. The molecule has 5 rings (SSSR count). The molecular formula is C17H19N3O3S. The van der Waals surface area contributed by atoms with Gasteiger partial charge in [-0.1, -0.05) is 11.2 Å². The molecule has 0 unspecified atom stereocenters. The number of hydrogen-bond acceptors (Lipinski definition) is 5. The van der Waals surface area contributed by atoms with Gasteiger partial charge in [-0.05, 0) is 37.1 Å². The lowest BCUT2D eigenvalue weighted by molar-refractivity contribution is -0.129. The molecule has 2 aliphatic heterocycles. The summed E-state index contributed by atoms with van der Waals surface area (Å²) in [5, 5.41) is 8.86. The van der Waals surface area contributed by atoms with E-state index in [9.17, 15) is 9.59 Å².